The SMILES string of the molecule is NC(=O)CNc1cc(Cl)nc(-c2ccccc2)n1. The average Bonchev–Trinajstić information content (AvgIpc) is 2.37. The molecule has 0 saturated heterocycles. The van der Waals surface area contributed by atoms with E-state index in [9.17, 15) is 4.79 Å². The van der Waals surface area contributed by atoms with E-state index < -0.39 is 5.91 Å². The number of carbonyl (C=O) groups excluding carboxylic acids is 1. The normalized spacial score (nSPS) is 10.1. The monoisotopic (exact) mass is 262 g/mol. The fourth-order valence-corrected chi connectivity index (χ4v) is 1.59. The van der Waals surface area contributed by atoms with Gasteiger partial charge in [0.1, 0.15) is 11.0 Å². The molecule has 0 fully saturated rings. The van der Waals surface area contributed by atoms with Crippen LogP contribution in [0.3, 0.4) is 0 Å². The Kier molecular flexibility index (Phi) is 3.74. The Balaban J connectivity index is 2.29. The lowest BCUT2D eigenvalue weighted by atomic mass is 10.2. The van der Waals surface area contributed by atoms with Crippen molar-refractivity contribution in [1.82, 2.24) is 9.97 Å². The van der Waals surface area contributed by atoms with E-state index in [1.54, 1.807) is 0 Å². The molecule has 3 N–H and O–H groups in total. The molecule has 0 radical (unpaired) electrons. The fourth-order valence-electron chi connectivity index (χ4n) is 1.40. The molecule has 0 atom stereocenters. The van der Waals surface area contributed by atoms with Gasteiger partial charge in [0.2, 0.25) is 5.91 Å². The van der Waals surface area contributed by atoms with E-state index in [-0.39, 0.29) is 6.54 Å². The summed E-state index contributed by atoms with van der Waals surface area (Å²) < 4.78 is 0. The summed E-state index contributed by atoms with van der Waals surface area (Å²) in [7, 11) is 0. The molecule has 0 bridgehead atoms. The molecule has 92 valence electrons. The van der Waals surface area contributed by atoms with Crippen molar-refractivity contribution in [1.29, 1.82) is 0 Å². The van der Waals surface area contributed by atoms with Crippen LogP contribution in [0.15, 0.2) is 36.4 Å². The number of nitrogens with zero attached hydrogens (tertiary/aromatic N) is 2. The molecular formula is C12H11ClN4O. The summed E-state index contributed by atoms with van der Waals surface area (Å²) in [4.78, 5) is 19.1. The van der Waals surface area contributed by atoms with Gasteiger partial charge in [0.15, 0.2) is 5.82 Å². The van der Waals surface area contributed by atoms with Crippen molar-refractivity contribution in [2.45, 2.75) is 0 Å². The second kappa shape index (κ2) is 5.46. The highest BCUT2D eigenvalue weighted by Crippen LogP contribution is 2.19. The zero-order chi connectivity index (χ0) is 13.0. The summed E-state index contributed by atoms with van der Waals surface area (Å²) in [6.45, 7) is 0.00156. The predicted molar refractivity (Wildman–Crippen MR) is 70.2 cm³/mol. The molecule has 0 aliphatic heterocycles. The standard InChI is InChI=1S/C12H11ClN4O/c13-9-6-11(15-7-10(14)18)17-12(16-9)8-4-2-1-3-5-8/h1-6H,7H2,(H2,14,18)(H,15,16,17). The maximum atomic E-state index is 10.7. The van der Waals surface area contributed by atoms with Crippen molar-refractivity contribution in [2.24, 2.45) is 5.73 Å². The molecule has 1 aromatic heterocycles. The fraction of sp³-hybridized carbons (Fsp3) is 0.0833. The van der Waals surface area contributed by atoms with Crippen molar-refractivity contribution in [2.75, 3.05) is 11.9 Å². The summed E-state index contributed by atoms with van der Waals surface area (Å²) in [5.41, 5.74) is 5.90. The molecule has 0 aliphatic carbocycles. The first-order valence-corrected chi connectivity index (χ1v) is 5.65. The Hall–Kier alpha value is -2.14. The van der Waals surface area contributed by atoms with Crippen LogP contribution in [0.5, 0.6) is 0 Å². The highest BCUT2D eigenvalue weighted by molar-refractivity contribution is 6.29. The van der Waals surface area contributed by atoms with Crippen LogP contribution in [0, 0.1) is 0 Å². The highest BCUT2D eigenvalue weighted by atomic mass is 35.5. The first-order chi connectivity index (χ1) is 8.65. The number of aromatic nitrogens is 2. The van der Waals surface area contributed by atoms with Crippen molar-refractivity contribution in [3.05, 3.63) is 41.6 Å². The van der Waals surface area contributed by atoms with Crippen LogP contribution in [0.25, 0.3) is 11.4 Å². The lowest BCUT2D eigenvalue weighted by Gasteiger charge is -2.06. The third-order valence-electron chi connectivity index (χ3n) is 2.17. The van der Waals surface area contributed by atoms with Crippen LogP contribution in [-0.4, -0.2) is 22.4 Å². The van der Waals surface area contributed by atoms with E-state index in [2.05, 4.69) is 15.3 Å². The van der Waals surface area contributed by atoms with Gasteiger partial charge in [-0.3, -0.25) is 4.79 Å². The van der Waals surface area contributed by atoms with Gasteiger partial charge in [0, 0.05) is 11.6 Å². The van der Waals surface area contributed by atoms with Crippen LogP contribution in [0.1, 0.15) is 0 Å². The molecule has 0 unspecified atom stereocenters. The Morgan fingerprint density at radius 3 is 2.67 bits per heavy atom. The minimum absolute atomic E-state index is 0.00156. The number of rotatable bonds is 4. The first-order valence-electron chi connectivity index (χ1n) is 5.27. The van der Waals surface area contributed by atoms with Gasteiger partial charge in [-0.1, -0.05) is 41.9 Å². The minimum Gasteiger partial charge on any atom is -0.368 e. The number of nitrogens with two attached hydrogens (primary N) is 1. The Labute approximate surface area is 109 Å². The number of anilines is 1. The number of nitrogens with one attached hydrogen (secondary N) is 1. The van der Waals surface area contributed by atoms with E-state index in [0.29, 0.717) is 16.8 Å². The molecule has 1 amide bonds. The summed E-state index contributed by atoms with van der Waals surface area (Å²) in [5.74, 6) is 0.494. The number of benzene rings is 1. The van der Waals surface area contributed by atoms with Crippen LogP contribution in [0.4, 0.5) is 5.82 Å². The molecule has 0 saturated carbocycles. The quantitative estimate of drug-likeness (QED) is 0.822. The van der Waals surface area contributed by atoms with E-state index in [0.717, 1.165) is 5.56 Å². The number of hydrogen-bond acceptors (Lipinski definition) is 4. The van der Waals surface area contributed by atoms with Gasteiger partial charge in [-0.15, -0.1) is 0 Å². The van der Waals surface area contributed by atoms with Crippen LogP contribution < -0.4 is 11.1 Å². The number of primary amides is 1. The second-order valence-corrected chi connectivity index (χ2v) is 3.97. The van der Waals surface area contributed by atoms with Crippen LogP contribution in [-0.2, 0) is 4.79 Å². The molecular weight excluding hydrogens is 252 g/mol. The summed E-state index contributed by atoms with van der Waals surface area (Å²) in [6.07, 6.45) is 0. The van der Waals surface area contributed by atoms with Gasteiger partial charge < -0.3 is 11.1 Å². The number of halogens is 1. The Bertz CT molecular complexity index is 559. The molecule has 6 heteroatoms. The topological polar surface area (TPSA) is 80.9 Å². The van der Waals surface area contributed by atoms with Crippen molar-refractivity contribution in [3.63, 3.8) is 0 Å². The zero-order valence-corrected chi connectivity index (χ0v) is 10.2. The van der Waals surface area contributed by atoms with E-state index in [1.165, 1.54) is 6.07 Å². The summed E-state index contributed by atoms with van der Waals surface area (Å²) in [6, 6.07) is 11.0. The van der Waals surface area contributed by atoms with Gasteiger partial charge in [0.05, 0.1) is 6.54 Å². The molecule has 2 aromatic rings. The number of hydrogen-bond donors (Lipinski definition) is 2. The molecule has 2 rings (SSSR count). The largest absolute Gasteiger partial charge is 0.368 e. The van der Waals surface area contributed by atoms with Gasteiger partial charge in [-0.25, -0.2) is 9.97 Å². The smallest absolute Gasteiger partial charge is 0.236 e. The molecule has 0 aliphatic rings. The molecule has 5 nitrogen and oxygen atoms in total. The Morgan fingerprint density at radius 2 is 2.00 bits per heavy atom. The molecule has 1 heterocycles. The van der Waals surface area contributed by atoms with Crippen molar-refractivity contribution in [3.8, 4) is 11.4 Å². The third-order valence-corrected chi connectivity index (χ3v) is 2.36. The lowest BCUT2D eigenvalue weighted by molar-refractivity contribution is -0.116. The lowest BCUT2D eigenvalue weighted by Crippen LogP contribution is -2.22. The second-order valence-electron chi connectivity index (χ2n) is 3.59. The van der Waals surface area contributed by atoms with Gasteiger partial charge in [0.25, 0.3) is 0 Å². The number of amides is 1. The minimum atomic E-state index is -0.467. The van der Waals surface area contributed by atoms with Gasteiger partial charge in [-0.2, -0.15) is 0 Å². The maximum absolute atomic E-state index is 10.7. The molecule has 0 spiro atoms. The molecule has 1 aromatic carbocycles. The molecule has 18 heavy (non-hydrogen) atoms. The van der Waals surface area contributed by atoms with Crippen LogP contribution in [0.2, 0.25) is 5.15 Å². The van der Waals surface area contributed by atoms with E-state index in [1.807, 2.05) is 30.3 Å². The highest BCUT2D eigenvalue weighted by Gasteiger charge is 2.05. The van der Waals surface area contributed by atoms with Crippen molar-refractivity contribution < 1.29 is 4.79 Å². The Morgan fingerprint density at radius 1 is 1.28 bits per heavy atom. The number of carbonyl (C=O) groups is 1. The third kappa shape index (κ3) is 3.18. The van der Waals surface area contributed by atoms with Crippen molar-refractivity contribution >= 4 is 23.3 Å². The van der Waals surface area contributed by atoms with Gasteiger partial charge in [-0.05, 0) is 0 Å². The summed E-state index contributed by atoms with van der Waals surface area (Å²) >= 11 is 5.91. The summed E-state index contributed by atoms with van der Waals surface area (Å²) in [5, 5.41) is 3.09. The van der Waals surface area contributed by atoms with Gasteiger partial charge >= 0.3 is 0 Å². The predicted octanol–water partition coefficient (Wildman–Crippen LogP) is 1.69. The average molecular weight is 263 g/mol. The maximum Gasteiger partial charge on any atom is 0.236 e. The van der Waals surface area contributed by atoms with Crippen LogP contribution >= 0.6 is 11.6 Å². The van der Waals surface area contributed by atoms with E-state index >= 15 is 0 Å². The van der Waals surface area contributed by atoms with E-state index in [4.69, 9.17) is 17.3 Å². The zero-order valence-electron chi connectivity index (χ0n) is 9.43. The first kappa shape index (κ1) is 12.3.